The quantitative estimate of drug-likeness (QED) is 0.184. The highest BCUT2D eigenvalue weighted by Gasteiger charge is 2.33. The Labute approximate surface area is 258 Å². The zero-order valence-electron chi connectivity index (χ0n) is 26.9. The minimum atomic E-state index is -0.567. The van der Waals surface area contributed by atoms with Gasteiger partial charge in [0.25, 0.3) is 0 Å². The summed E-state index contributed by atoms with van der Waals surface area (Å²) >= 11 is 3.54. The van der Waals surface area contributed by atoms with Crippen molar-refractivity contribution in [3.63, 3.8) is 0 Å². The third-order valence-corrected chi connectivity index (χ3v) is 10.8. The van der Waals surface area contributed by atoms with Crippen LogP contribution < -0.4 is 11.1 Å². The first-order chi connectivity index (χ1) is 19.2. The number of ether oxygens (including phenoxy) is 2. The Morgan fingerprint density at radius 1 is 1.02 bits per heavy atom. The maximum Gasteiger partial charge on any atom is 0.329 e. The van der Waals surface area contributed by atoms with E-state index in [0.717, 1.165) is 12.8 Å². The average Bonchev–Trinajstić information content (AvgIpc) is 2.90. The van der Waals surface area contributed by atoms with Crippen LogP contribution in [0.3, 0.4) is 0 Å². The number of carbonyl (C=O) groups is 3. The molecule has 41 heavy (non-hydrogen) atoms. The lowest BCUT2D eigenvalue weighted by molar-refractivity contribution is -0.146. The highest BCUT2D eigenvalue weighted by atomic mass is 32.2. The third-order valence-electron chi connectivity index (χ3n) is 7.85. The van der Waals surface area contributed by atoms with Crippen molar-refractivity contribution in [3.05, 3.63) is 23.3 Å². The molecule has 236 valence electrons. The van der Waals surface area contributed by atoms with Gasteiger partial charge in [-0.25, -0.2) is 4.79 Å². The van der Waals surface area contributed by atoms with Crippen LogP contribution in [0.5, 0.6) is 0 Å². The van der Waals surface area contributed by atoms with Gasteiger partial charge < -0.3 is 20.5 Å². The van der Waals surface area contributed by atoms with Crippen molar-refractivity contribution in [3.8, 4) is 0 Å². The summed E-state index contributed by atoms with van der Waals surface area (Å²) in [6, 6.07) is -1.07. The van der Waals surface area contributed by atoms with Crippen LogP contribution in [-0.2, 0) is 23.9 Å². The molecule has 0 bridgehead atoms. The lowest BCUT2D eigenvalue weighted by Gasteiger charge is -2.36. The molecule has 3 N–H and O–H groups in total. The largest absolute Gasteiger partial charge is 0.465 e. The SMILES string of the molecule is CCOC(=O)C(CSC(C)(C)C1CC=C(C)CC1)NC(C)=O.CCOC(=O)C(N)CSC1C=C(C)CCC1C(C)C. The monoisotopic (exact) mass is 612 g/mol. The smallest absolute Gasteiger partial charge is 0.329 e. The first-order valence-electron chi connectivity index (χ1n) is 15.2. The summed E-state index contributed by atoms with van der Waals surface area (Å²) in [5, 5.41) is 3.18. The number of allylic oxidation sites excluding steroid dienone is 3. The molecule has 2 aliphatic rings. The number of thioether (sulfide) groups is 2. The second-order valence-corrected chi connectivity index (χ2v) is 14.9. The molecule has 0 aromatic carbocycles. The Kier molecular flexibility index (Phi) is 17.4. The molecule has 1 amide bonds. The minimum Gasteiger partial charge on any atom is -0.465 e. The van der Waals surface area contributed by atoms with E-state index >= 15 is 0 Å². The Balaban J connectivity index is 0.000000414. The van der Waals surface area contributed by atoms with Gasteiger partial charge in [0.15, 0.2) is 0 Å². The molecular formula is C32H56N2O5S2. The van der Waals surface area contributed by atoms with E-state index in [0.29, 0.717) is 47.7 Å². The summed E-state index contributed by atoms with van der Waals surface area (Å²) in [5.74, 6) is 2.30. The van der Waals surface area contributed by atoms with E-state index in [1.165, 1.54) is 37.3 Å². The van der Waals surface area contributed by atoms with E-state index in [4.69, 9.17) is 15.2 Å². The topological polar surface area (TPSA) is 108 Å². The molecule has 0 saturated carbocycles. The highest BCUT2D eigenvalue weighted by molar-refractivity contribution is 8.00. The third kappa shape index (κ3) is 14.0. The van der Waals surface area contributed by atoms with Gasteiger partial charge in [0, 0.05) is 28.4 Å². The van der Waals surface area contributed by atoms with Crippen LogP contribution >= 0.6 is 23.5 Å². The summed E-state index contributed by atoms with van der Waals surface area (Å²) in [6.07, 6.45) is 10.6. The molecule has 7 nitrogen and oxygen atoms in total. The molecular weight excluding hydrogens is 556 g/mol. The number of rotatable bonds is 13. The molecule has 5 unspecified atom stereocenters. The van der Waals surface area contributed by atoms with Gasteiger partial charge in [0.2, 0.25) is 5.91 Å². The van der Waals surface area contributed by atoms with Crippen molar-refractivity contribution in [2.45, 2.75) is 116 Å². The first kappa shape index (κ1) is 37.6. The fourth-order valence-corrected chi connectivity index (χ4v) is 7.99. The molecule has 0 aliphatic heterocycles. The van der Waals surface area contributed by atoms with E-state index in [-0.39, 0.29) is 22.6 Å². The Hall–Kier alpha value is -1.45. The lowest BCUT2D eigenvalue weighted by Crippen LogP contribution is -2.44. The number of carbonyl (C=O) groups excluding carboxylic acids is 3. The standard InChI is InChI=1S/C17H29NO3S.C15H27NO2S/c1-6-21-16(20)15(18-13(3)19)11-22-17(4,5)14-9-7-12(2)8-10-14;1-5-18-15(17)13(16)9-19-14-8-11(4)6-7-12(14)10(2)3/h7,14-15H,6,8-11H2,1-5H3,(H,18,19);8,10,12-14H,5-7,9,16H2,1-4H3. The lowest BCUT2D eigenvalue weighted by atomic mass is 9.82. The molecule has 0 fully saturated rings. The maximum absolute atomic E-state index is 12.0. The predicted octanol–water partition coefficient (Wildman–Crippen LogP) is 6.30. The fraction of sp³-hybridized carbons (Fsp3) is 0.781. The van der Waals surface area contributed by atoms with Crippen LogP contribution in [0, 0.1) is 17.8 Å². The summed E-state index contributed by atoms with van der Waals surface area (Å²) in [7, 11) is 0. The number of esters is 2. The van der Waals surface area contributed by atoms with Crippen LogP contribution in [0.1, 0.15) is 94.4 Å². The van der Waals surface area contributed by atoms with E-state index in [9.17, 15) is 14.4 Å². The minimum absolute atomic E-state index is 0.0699. The molecule has 5 atom stereocenters. The molecule has 0 aromatic heterocycles. The molecule has 0 radical (unpaired) electrons. The molecule has 0 aromatic rings. The number of nitrogens with one attached hydrogen (secondary N) is 1. The predicted molar refractivity (Wildman–Crippen MR) is 174 cm³/mol. The van der Waals surface area contributed by atoms with Crippen LogP contribution in [0.25, 0.3) is 0 Å². The van der Waals surface area contributed by atoms with Gasteiger partial charge in [0.1, 0.15) is 12.1 Å². The fourth-order valence-electron chi connectivity index (χ4n) is 5.13. The Morgan fingerprint density at radius 3 is 2.17 bits per heavy atom. The average molecular weight is 613 g/mol. The molecule has 0 spiro atoms. The van der Waals surface area contributed by atoms with Crippen LogP contribution in [0.2, 0.25) is 0 Å². The second kappa shape index (κ2) is 19.0. The summed E-state index contributed by atoms with van der Waals surface area (Å²) in [4.78, 5) is 34.8. The van der Waals surface area contributed by atoms with Crippen LogP contribution in [0.4, 0.5) is 0 Å². The van der Waals surface area contributed by atoms with Gasteiger partial charge in [-0.05, 0) is 77.6 Å². The van der Waals surface area contributed by atoms with E-state index in [1.807, 2.05) is 0 Å². The first-order valence-corrected chi connectivity index (χ1v) is 17.2. The van der Waals surface area contributed by atoms with Gasteiger partial charge in [-0.1, -0.05) is 51.0 Å². The number of hydrogen-bond donors (Lipinski definition) is 2. The Bertz CT molecular complexity index is 903. The number of nitrogens with two attached hydrogens (primary N) is 1. The summed E-state index contributed by atoms with van der Waals surface area (Å²) in [5.41, 5.74) is 8.79. The van der Waals surface area contributed by atoms with Gasteiger partial charge >= 0.3 is 11.9 Å². The molecule has 0 heterocycles. The highest BCUT2D eigenvalue weighted by Crippen LogP contribution is 2.41. The second-order valence-electron chi connectivity index (χ2n) is 12.1. The van der Waals surface area contributed by atoms with E-state index in [2.05, 4.69) is 59.0 Å². The van der Waals surface area contributed by atoms with Crippen LogP contribution in [0.15, 0.2) is 23.3 Å². The Morgan fingerprint density at radius 2 is 1.63 bits per heavy atom. The van der Waals surface area contributed by atoms with Gasteiger partial charge in [-0.3, -0.25) is 9.59 Å². The zero-order valence-corrected chi connectivity index (χ0v) is 28.6. The van der Waals surface area contributed by atoms with Crippen LogP contribution in [-0.4, -0.2) is 64.6 Å². The summed E-state index contributed by atoms with van der Waals surface area (Å²) < 4.78 is 10.1. The van der Waals surface area contributed by atoms with Crippen molar-refractivity contribution in [2.75, 3.05) is 24.7 Å². The van der Waals surface area contributed by atoms with Gasteiger partial charge in [-0.15, -0.1) is 0 Å². The number of hydrogen-bond acceptors (Lipinski definition) is 8. The van der Waals surface area contributed by atoms with Crippen molar-refractivity contribution < 1.29 is 23.9 Å². The normalized spacial score (nSPS) is 22.4. The van der Waals surface area contributed by atoms with Gasteiger partial charge in [0.05, 0.1) is 13.2 Å². The van der Waals surface area contributed by atoms with E-state index < -0.39 is 12.1 Å². The van der Waals surface area contributed by atoms with Crippen molar-refractivity contribution in [2.24, 2.45) is 23.5 Å². The zero-order chi connectivity index (χ0) is 31.2. The summed E-state index contributed by atoms with van der Waals surface area (Å²) in [6.45, 7) is 19.1. The van der Waals surface area contributed by atoms with Gasteiger partial charge in [-0.2, -0.15) is 23.5 Å². The van der Waals surface area contributed by atoms with Crippen molar-refractivity contribution >= 4 is 41.4 Å². The molecule has 9 heteroatoms. The molecule has 2 rings (SSSR count). The number of amides is 1. The van der Waals surface area contributed by atoms with Crippen molar-refractivity contribution in [1.82, 2.24) is 5.32 Å². The molecule has 2 aliphatic carbocycles. The van der Waals surface area contributed by atoms with E-state index in [1.54, 1.807) is 37.4 Å². The van der Waals surface area contributed by atoms with Crippen molar-refractivity contribution in [1.29, 1.82) is 0 Å². The molecule has 0 saturated heterocycles. The maximum atomic E-state index is 12.0.